The van der Waals surface area contributed by atoms with Gasteiger partial charge in [0, 0.05) is 23.7 Å². The van der Waals surface area contributed by atoms with Crippen LogP contribution in [-0.4, -0.2) is 43.4 Å². The molecule has 2 rings (SSSR count). The van der Waals surface area contributed by atoms with Gasteiger partial charge in [-0.3, -0.25) is 0 Å². The fourth-order valence-corrected chi connectivity index (χ4v) is 3.18. The molecule has 3 nitrogen and oxygen atoms in total. The lowest BCUT2D eigenvalue weighted by atomic mass is 10.3. The fourth-order valence-electron chi connectivity index (χ4n) is 2.27. The molecule has 0 radical (unpaired) electrons. The molecule has 1 aliphatic heterocycles. The van der Waals surface area contributed by atoms with E-state index in [4.69, 9.17) is 10.5 Å². The van der Waals surface area contributed by atoms with Crippen molar-refractivity contribution in [2.45, 2.75) is 38.0 Å². The monoisotopic (exact) mass is 354 g/mol. The zero-order chi connectivity index (χ0) is 17.6. The third kappa shape index (κ3) is 9.30. The van der Waals surface area contributed by atoms with Crippen molar-refractivity contribution in [2.24, 2.45) is 5.73 Å². The maximum Gasteiger partial charge on any atom is 0.139 e. The van der Waals surface area contributed by atoms with Crippen LogP contribution in [0.3, 0.4) is 0 Å². The number of hydrogen-bond acceptors (Lipinski definition) is 4. The summed E-state index contributed by atoms with van der Waals surface area (Å²) in [6.45, 7) is 8.03. The van der Waals surface area contributed by atoms with Gasteiger partial charge in [-0.05, 0) is 56.3 Å². The highest BCUT2D eigenvalue weighted by Crippen LogP contribution is 2.22. The molecule has 0 spiro atoms. The second-order valence-electron chi connectivity index (χ2n) is 5.75. The van der Waals surface area contributed by atoms with Crippen molar-refractivity contribution in [3.63, 3.8) is 0 Å². The Balaban J connectivity index is 0.000000891. The van der Waals surface area contributed by atoms with Gasteiger partial charge < -0.3 is 15.4 Å². The lowest BCUT2D eigenvalue weighted by molar-refractivity contribution is 0.318. The maximum atomic E-state index is 13.1. The minimum atomic E-state index is -0.332. The molecule has 0 bridgehead atoms. The van der Waals surface area contributed by atoms with E-state index in [-0.39, 0.29) is 19.0 Å². The van der Waals surface area contributed by atoms with E-state index in [0.29, 0.717) is 5.75 Å². The van der Waals surface area contributed by atoms with Crippen LogP contribution in [0, 0.1) is 0 Å². The zero-order valence-corrected chi connectivity index (χ0v) is 15.8. The summed E-state index contributed by atoms with van der Waals surface area (Å²) < 4.78 is 18.5. The van der Waals surface area contributed by atoms with Crippen LogP contribution in [0.15, 0.2) is 41.1 Å². The Morgan fingerprint density at radius 2 is 1.88 bits per heavy atom. The van der Waals surface area contributed by atoms with E-state index in [1.54, 1.807) is 0 Å². The third-order valence-electron chi connectivity index (χ3n) is 3.41. The van der Waals surface area contributed by atoms with Crippen molar-refractivity contribution in [1.29, 1.82) is 0 Å². The normalized spacial score (nSPS) is 15.1. The fraction of sp³-hybridized carbons (Fsp3) is 0.579. The molecule has 0 unspecified atom stereocenters. The van der Waals surface area contributed by atoms with E-state index in [2.05, 4.69) is 18.7 Å². The molecule has 136 valence electrons. The zero-order valence-electron chi connectivity index (χ0n) is 15.0. The van der Waals surface area contributed by atoms with Gasteiger partial charge in [0.1, 0.15) is 18.2 Å². The number of nitrogens with two attached hydrogens (primary N) is 1. The molecule has 1 aromatic rings. The second kappa shape index (κ2) is 13.3. The van der Waals surface area contributed by atoms with Gasteiger partial charge in [0.15, 0.2) is 0 Å². The molecule has 0 aliphatic carbocycles. The predicted octanol–water partition coefficient (Wildman–Crippen LogP) is 4.48. The van der Waals surface area contributed by atoms with E-state index in [1.165, 1.54) is 43.3 Å². The number of rotatable bonds is 8. The Kier molecular flexibility index (Phi) is 11.6. The molecule has 1 heterocycles. The van der Waals surface area contributed by atoms with Gasteiger partial charge in [-0.2, -0.15) is 0 Å². The van der Waals surface area contributed by atoms with Gasteiger partial charge in [-0.25, -0.2) is 4.39 Å². The average molecular weight is 355 g/mol. The molecule has 1 aliphatic rings. The van der Waals surface area contributed by atoms with Crippen LogP contribution < -0.4 is 10.5 Å². The van der Waals surface area contributed by atoms with Gasteiger partial charge in [0.05, 0.1) is 0 Å². The van der Waals surface area contributed by atoms with E-state index < -0.39 is 0 Å². The van der Waals surface area contributed by atoms with Gasteiger partial charge in [0.2, 0.25) is 0 Å². The van der Waals surface area contributed by atoms with Crippen molar-refractivity contribution < 1.29 is 9.13 Å². The first-order chi connectivity index (χ1) is 11.7. The Bertz CT molecular complexity index is 459. The van der Waals surface area contributed by atoms with Crippen LogP contribution in [0.5, 0.6) is 5.75 Å². The lowest BCUT2D eigenvalue weighted by Gasteiger charge is -2.13. The minimum absolute atomic E-state index is 0.0569. The summed E-state index contributed by atoms with van der Waals surface area (Å²) in [5, 5.41) is 0. The molecule has 0 atom stereocenters. The second-order valence-corrected chi connectivity index (χ2v) is 6.92. The van der Waals surface area contributed by atoms with Crippen molar-refractivity contribution in [1.82, 2.24) is 4.90 Å². The predicted molar refractivity (Wildman–Crippen MR) is 103 cm³/mol. The standard InChI is InChI=1S/C16H23FN2OS.C3H8/c17-14(7-8-18)13-20-15-3-5-16(6-4-15)21-12-11-19-9-1-2-10-19;1-3-2/h3-7H,1-2,8-13,18H2;3H2,1-2H3/b14-7+;. The Morgan fingerprint density at radius 1 is 1.25 bits per heavy atom. The van der Waals surface area contributed by atoms with Crippen molar-refractivity contribution >= 4 is 11.8 Å². The van der Waals surface area contributed by atoms with E-state index >= 15 is 0 Å². The molecule has 24 heavy (non-hydrogen) atoms. The lowest BCUT2D eigenvalue weighted by Crippen LogP contribution is -2.21. The van der Waals surface area contributed by atoms with Crippen LogP contribution >= 0.6 is 11.8 Å². The van der Waals surface area contributed by atoms with E-state index in [1.807, 2.05) is 36.0 Å². The average Bonchev–Trinajstić information content (AvgIpc) is 3.09. The van der Waals surface area contributed by atoms with Crippen molar-refractivity contribution in [3.8, 4) is 5.75 Å². The quantitative estimate of drug-likeness (QED) is 0.699. The van der Waals surface area contributed by atoms with Crippen LogP contribution in [-0.2, 0) is 0 Å². The number of hydrogen-bond donors (Lipinski definition) is 1. The van der Waals surface area contributed by atoms with Gasteiger partial charge in [-0.1, -0.05) is 20.3 Å². The highest BCUT2D eigenvalue weighted by Gasteiger charge is 2.10. The summed E-state index contributed by atoms with van der Waals surface area (Å²) in [7, 11) is 0. The van der Waals surface area contributed by atoms with Crippen LogP contribution in [0.2, 0.25) is 0 Å². The first-order valence-corrected chi connectivity index (χ1v) is 9.80. The van der Waals surface area contributed by atoms with E-state index in [0.717, 1.165) is 12.3 Å². The molecule has 5 heteroatoms. The molecule has 2 N–H and O–H groups in total. The first-order valence-electron chi connectivity index (χ1n) is 8.82. The number of ether oxygens (including phenoxy) is 1. The first kappa shape index (κ1) is 21.0. The summed E-state index contributed by atoms with van der Waals surface area (Å²) in [6, 6.07) is 7.81. The summed E-state index contributed by atoms with van der Waals surface area (Å²) >= 11 is 1.85. The van der Waals surface area contributed by atoms with Gasteiger partial charge >= 0.3 is 0 Å². The maximum absolute atomic E-state index is 13.1. The van der Waals surface area contributed by atoms with Crippen molar-refractivity contribution in [3.05, 3.63) is 36.2 Å². The molecule has 0 aromatic heterocycles. The molecular formula is C19H31FN2OS. The summed E-state index contributed by atoms with van der Waals surface area (Å²) in [4.78, 5) is 3.73. The Labute approximate surface area is 150 Å². The van der Waals surface area contributed by atoms with Crippen LogP contribution in [0.25, 0.3) is 0 Å². The molecule has 1 saturated heterocycles. The molecule has 0 saturated carbocycles. The SMILES string of the molecule is CCC.NC/C=C(/F)COc1ccc(SCCN2CCCC2)cc1. The minimum Gasteiger partial charge on any atom is -0.487 e. The highest BCUT2D eigenvalue weighted by atomic mass is 32.2. The molecular weight excluding hydrogens is 323 g/mol. The summed E-state index contributed by atoms with van der Waals surface area (Å²) in [5.74, 6) is 1.45. The summed E-state index contributed by atoms with van der Waals surface area (Å²) in [5.41, 5.74) is 5.23. The topological polar surface area (TPSA) is 38.5 Å². The Hall–Kier alpha value is -1.04. The summed E-state index contributed by atoms with van der Waals surface area (Å²) in [6.07, 6.45) is 5.25. The molecule has 0 amide bonds. The number of halogens is 1. The van der Waals surface area contributed by atoms with Gasteiger partial charge in [0.25, 0.3) is 0 Å². The highest BCUT2D eigenvalue weighted by molar-refractivity contribution is 7.99. The molecule has 1 fully saturated rings. The Morgan fingerprint density at radius 3 is 2.46 bits per heavy atom. The van der Waals surface area contributed by atoms with Crippen molar-refractivity contribution in [2.75, 3.05) is 38.5 Å². The number of likely N-dealkylation sites (tertiary alicyclic amines) is 1. The number of nitrogens with zero attached hydrogens (tertiary/aromatic N) is 1. The van der Waals surface area contributed by atoms with Crippen LogP contribution in [0.4, 0.5) is 4.39 Å². The third-order valence-corrected chi connectivity index (χ3v) is 4.41. The number of thioether (sulfide) groups is 1. The number of benzene rings is 1. The largest absolute Gasteiger partial charge is 0.487 e. The van der Waals surface area contributed by atoms with Gasteiger partial charge in [-0.15, -0.1) is 11.8 Å². The smallest absolute Gasteiger partial charge is 0.139 e. The molecule has 1 aromatic carbocycles. The van der Waals surface area contributed by atoms with Crippen LogP contribution in [0.1, 0.15) is 33.1 Å². The van der Waals surface area contributed by atoms with E-state index in [9.17, 15) is 4.39 Å².